The fourth-order valence-corrected chi connectivity index (χ4v) is 5.97. The number of amides is 3. The van der Waals surface area contributed by atoms with Gasteiger partial charge in [0.1, 0.15) is 0 Å². The second kappa shape index (κ2) is 10.5. The van der Waals surface area contributed by atoms with Crippen molar-refractivity contribution in [2.24, 2.45) is 0 Å². The van der Waals surface area contributed by atoms with Gasteiger partial charge in [0.05, 0.1) is 12.1 Å². The molecule has 1 unspecified atom stereocenters. The minimum Gasteiger partial charge on any atom is -0.465 e. The van der Waals surface area contributed by atoms with E-state index < -0.39 is 6.09 Å². The zero-order valence-corrected chi connectivity index (χ0v) is 22.1. The van der Waals surface area contributed by atoms with E-state index >= 15 is 0 Å². The van der Waals surface area contributed by atoms with Gasteiger partial charge in [0.25, 0.3) is 5.91 Å². The first-order chi connectivity index (χ1) is 18.3. The Labute approximate surface area is 227 Å². The van der Waals surface area contributed by atoms with Gasteiger partial charge in [0, 0.05) is 41.5 Å². The summed E-state index contributed by atoms with van der Waals surface area (Å²) < 4.78 is 0. The zero-order chi connectivity index (χ0) is 27.0. The van der Waals surface area contributed by atoms with Crippen LogP contribution >= 0.6 is 11.6 Å². The van der Waals surface area contributed by atoms with Crippen LogP contribution in [0.1, 0.15) is 66.7 Å². The smallest absolute Gasteiger partial charge is 0.407 e. The summed E-state index contributed by atoms with van der Waals surface area (Å²) in [4.78, 5) is 43.3. The predicted octanol–water partition coefficient (Wildman–Crippen LogP) is 6.69. The second-order valence-electron chi connectivity index (χ2n) is 9.96. The molecule has 1 N–H and O–H groups in total. The summed E-state index contributed by atoms with van der Waals surface area (Å²) in [7, 11) is 0. The standard InChI is InChI=1S/C30H30ClN3O4/c1-19-18-28(34(20(2)35)24-15-13-23(31)14-16-24)25-6-3-4-7-27(25)33(19)29(36)22-11-9-21(10-12-22)26-8-5-17-32(26)30(37)38/h3-4,6-7,9-16,19,26,28H,5,8,17-18H2,1-2H3,(H,37,38)/t19-,26?,28+/m0/s1. The van der Waals surface area contributed by atoms with Crippen LogP contribution in [-0.2, 0) is 4.79 Å². The molecule has 0 spiro atoms. The molecule has 2 aliphatic heterocycles. The summed E-state index contributed by atoms with van der Waals surface area (Å²) in [6.45, 7) is 4.08. The number of halogens is 1. The third-order valence-corrected chi connectivity index (χ3v) is 7.83. The SMILES string of the molecule is CC(=O)N(c1ccc(Cl)cc1)[C@@H]1C[C@H](C)N(C(=O)c2ccc(C3CCCN3C(=O)O)cc2)c2ccccc21. The van der Waals surface area contributed by atoms with Gasteiger partial charge in [-0.2, -0.15) is 0 Å². The Morgan fingerprint density at radius 1 is 0.974 bits per heavy atom. The van der Waals surface area contributed by atoms with Crippen molar-refractivity contribution in [2.75, 3.05) is 16.3 Å². The van der Waals surface area contributed by atoms with Crippen molar-refractivity contribution < 1.29 is 19.5 Å². The Morgan fingerprint density at radius 2 is 1.66 bits per heavy atom. The van der Waals surface area contributed by atoms with Crippen molar-refractivity contribution >= 4 is 40.9 Å². The molecule has 1 fully saturated rings. The molecule has 38 heavy (non-hydrogen) atoms. The predicted molar refractivity (Wildman–Crippen MR) is 148 cm³/mol. The first-order valence-corrected chi connectivity index (χ1v) is 13.2. The minimum atomic E-state index is -0.917. The van der Waals surface area contributed by atoms with Crippen LogP contribution in [-0.4, -0.2) is 40.5 Å². The summed E-state index contributed by atoms with van der Waals surface area (Å²) in [6, 6.07) is 21.6. The fraction of sp³-hybridized carbons (Fsp3) is 0.300. The molecule has 3 atom stereocenters. The number of carboxylic acid groups (broad SMARTS) is 1. The van der Waals surface area contributed by atoms with Crippen molar-refractivity contribution in [3.05, 3.63) is 94.5 Å². The summed E-state index contributed by atoms with van der Waals surface area (Å²) in [5.41, 5.74) is 3.87. The van der Waals surface area contributed by atoms with Gasteiger partial charge >= 0.3 is 6.09 Å². The van der Waals surface area contributed by atoms with Gasteiger partial charge in [0.2, 0.25) is 5.91 Å². The topological polar surface area (TPSA) is 81.2 Å². The molecule has 196 valence electrons. The molecule has 0 aliphatic carbocycles. The lowest BCUT2D eigenvalue weighted by Crippen LogP contribution is -2.47. The summed E-state index contributed by atoms with van der Waals surface area (Å²) in [5, 5.41) is 10.1. The average molecular weight is 532 g/mol. The normalized spacial score (nSPS) is 20.7. The number of benzene rings is 3. The van der Waals surface area contributed by atoms with E-state index in [1.54, 1.807) is 41.0 Å². The molecule has 3 amide bonds. The maximum absolute atomic E-state index is 13.8. The van der Waals surface area contributed by atoms with E-state index in [0.717, 1.165) is 35.3 Å². The number of carbonyl (C=O) groups excluding carboxylic acids is 2. The molecule has 0 saturated carbocycles. The lowest BCUT2D eigenvalue weighted by Gasteiger charge is -2.43. The van der Waals surface area contributed by atoms with Crippen molar-refractivity contribution in [1.29, 1.82) is 0 Å². The van der Waals surface area contributed by atoms with Gasteiger partial charge in [-0.15, -0.1) is 0 Å². The van der Waals surface area contributed by atoms with Gasteiger partial charge in [0.15, 0.2) is 0 Å². The number of fused-ring (bicyclic) bond motifs is 1. The van der Waals surface area contributed by atoms with Crippen LogP contribution in [0.3, 0.4) is 0 Å². The van der Waals surface area contributed by atoms with E-state index in [9.17, 15) is 19.5 Å². The summed E-state index contributed by atoms with van der Waals surface area (Å²) in [5.74, 6) is -0.214. The molecular weight excluding hydrogens is 502 g/mol. The minimum absolute atomic E-state index is 0.0861. The van der Waals surface area contributed by atoms with Crippen molar-refractivity contribution in [3.8, 4) is 0 Å². The van der Waals surface area contributed by atoms with Crippen LogP contribution in [0.2, 0.25) is 5.02 Å². The van der Waals surface area contributed by atoms with Crippen LogP contribution in [0.15, 0.2) is 72.8 Å². The Kier molecular flexibility index (Phi) is 7.13. The molecule has 5 rings (SSSR count). The quantitative estimate of drug-likeness (QED) is 0.407. The molecule has 8 heteroatoms. The van der Waals surface area contributed by atoms with E-state index in [0.29, 0.717) is 23.6 Å². The number of hydrogen-bond donors (Lipinski definition) is 1. The molecule has 0 bridgehead atoms. The molecule has 1 saturated heterocycles. The van der Waals surface area contributed by atoms with E-state index in [4.69, 9.17) is 11.6 Å². The Balaban J connectivity index is 1.46. The van der Waals surface area contributed by atoms with E-state index in [2.05, 4.69) is 0 Å². The van der Waals surface area contributed by atoms with Crippen LogP contribution in [0.4, 0.5) is 16.2 Å². The van der Waals surface area contributed by atoms with Crippen LogP contribution in [0, 0.1) is 0 Å². The highest BCUT2D eigenvalue weighted by Crippen LogP contribution is 2.43. The van der Waals surface area contributed by atoms with Crippen molar-refractivity contribution in [1.82, 2.24) is 4.90 Å². The highest BCUT2D eigenvalue weighted by atomic mass is 35.5. The Hall–Kier alpha value is -3.84. The largest absolute Gasteiger partial charge is 0.465 e. The number of rotatable bonds is 4. The fourth-order valence-electron chi connectivity index (χ4n) is 5.85. The number of hydrogen-bond acceptors (Lipinski definition) is 3. The van der Waals surface area contributed by atoms with Crippen LogP contribution < -0.4 is 9.80 Å². The third kappa shape index (κ3) is 4.74. The molecule has 0 aromatic heterocycles. The molecule has 7 nitrogen and oxygen atoms in total. The van der Waals surface area contributed by atoms with Gasteiger partial charge in [-0.1, -0.05) is 41.9 Å². The number of carbonyl (C=O) groups is 3. The van der Waals surface area contributed by atoms with Gasteiger partial charge < -0.3 is 19.8 Å². The first kappa shape index (κ1) is 25.8. The second-order valence-corrected chi connectivity index (χ2v) is 10.4. The van der Waals surface area contributed by atoms with Gasteiger partial charge in [-0.25, -0.2) is 4.79 Å². The number of anilines is 2. The van der Waals surface area contributed by atoms with Gasteiger partial charge in [-0.3, -0.25) is 9.59 Å². The molecule has 3 aromatic rings. The monoisotopic (exact) mass is 531 g/mol. The molecule has 3 aromatic carbocycles. The van der Waals surface area contributed by atoms with Crippen molar-refractivity contribution in [2.45, 2.75) is 51.2 Å². The lowest BCUT2D eigenvalue weighted by molar-refractivity contribution is -0.117. The average Bonchev–Trinajstić information content (AvgIpc) is 3.40. The lowest BCUT2D eigenvalue weighted by atomic mass is 9.89. The first-order valence-electron chi connectivity index (χ1n) is 12.8. The third-order valence-electron chi connectivity index (χ3n) is 7.58. The molecule has 2 heterocycles. The Bertz CT molecular complexity index is 1360. The zero-order valence-electron chi connectivity index (χ0n) is 21.4. The maximum atomic E-state index is 13.8. The van der Waals surface area contributed by atoms with E-state index in [1.165, 1.54) is 4.90 Å². The number of likely N-dealkylation sites (tertiary alicyclic amines) is 1. The number of nitrogens with zero attached hydrogens (tertiary/aromatic N) is 3. The van der Waals surface area contributed by atoms with Crippen LogP contribution in [0.5, 0.6) is 0 Å². The van der Waals surface area contributed by atoms with Crippen LogP contribution in [0.25, 0.3) is 0 Å². The highest BCUT2D eigenvalue weighted by molar-refractivity contribution is 6.30. The van der Waals surface area contributed by atoms with E-state index in [1.807, 2.05) is 55.5 Å². The molecule has 0 radical (unpaired) electrons. The number of para-hydroxylation sites is 1. The Morgan fingerprint density at radius 3 is 2.32 bits per heavy atom. The highest BCUT2D eigenvalue weighted by Gasteiger charge is 2.38. The summed E-state index contributed by atoms with van der Waals surface area (Å²) >= 11 is 6.09. The molecule has 2 aliphatic rings. The maximum Gasteiger partial charge on any atom is 0.407 e. The summed E-state index contributed by atoms with van der Waals surface area (Å²) in [6.07, 6.45) is 1.25. The molecular formula is C30H30ClN3O4. The van der Waals surface area contributed by atoms with Gasteiger partial charge in [-0.05, 0) is 79.8 Å². The van der Waals surface area contributed by atoms with E-state index in [-0.39, 0.29) is 29.9 Å². The van der Waals surface area contributed by atoms with Crippen molar-refractivity contribution in [3.63, 3.8) is 0 Å².